The van der Waals surface area contributed by atoms with Crippen LogP contribution in [0.15, 0.2) is 18.2 Å². The van der Waals surface area contributed by atoms with Gasteiger partial charge in [-0.15, -0.1) is 0 Å². The third kappa shape index (κ3) is 3.11. The zero-order valence-electron chi connectivity index (χ0n) is 9.40. The fraction of sp³-hybridized carbons (Fsp3) is 0.364. The Morgan fingerprint density at radius 2 is 1.94 bits per heavy atom. The van der Waals surface area contributed by atoms with Crippen molar-refractivity contribution in [2.24, 2.45) is 0 Å². The molecule has 0 saturated heterocycles. The van der Waals surface area contributed by atoms with E-state index >= 15 is 0 Å². The van der Waals surface area contributed by atoms with Crippen molar-refractivity contribution in [2.75, 3.05) is 12.4 Å². The number of amides is 1. The molecule has 0 aliphatic carbocycles. The van der Waals surface area contributed by atoms with Crippen molar-refractivity contribution >= 4 is 34.8 Å². The van der Waals surface area contributed by atoms with E-state index in [4.69, 9.17) is 23.2 Å². The first-order chi connectivity index (χ1) is 7.36. The van der Waals surface area contributed by atoms with Crippen LogP contribution in [0, 0.1) is 0 Å². The lowest BCUT2D eigenvalue weighted by Crippen LogP contribution is -2.47. The van der Waals surface area contributed by atoms with Crippen LogP contribution in [-0.4, -0.2) is 18.5 Å². The van der Waals surface area contributed by atoms with Crippen LogP contribution in [0.2, 0.25) is 10.0 Å². The molecule has 0 heterocycles. The van der Waals surface area contributed by atoms with E-state index in [1.165, 1.54) is 0 Å². The van der Waals surface area contributed by atoms with Gasteiger partial charge in [0, 0.05) is 5.02 Å². The van der Waals surface area contributed by atoms with Crippen LogP contribution in [0.5, 0.6) is 0 Å². The molecule has 0 aliphatic heterocycles. The third-order valence-corrected chi connectivity index (χ3v) is 2.93. The smallest absolute Gasteiger partial charge is 0.244 e. The van der Waals surface area contributed by atoms with E-state index in [1.807, 2.05) is 0 Å². The van der Waals surface area contributed by atoms with Crippen molar-refractivity contribution in [1.29, 1.82) is 0 Å². The lowest BCUT2D eigenvalue weighted by Gasteiger charge is -2.23. The summed E-state index contributed by atoms with van der Waals surface area (Å²) in [6.45, 7) is 3.56. The van der Waals surface area contributed by atoms with Crippen LogP contribution >= 0.6 is 23.2 Å². The quantitative estimate of drug-likeness (QED) is 0.878. The lowest BCUT2D eigenvalue weighted by molar-refractivity contribution is -0.121. The summed E-state index contributed by atoms with van der Waals surface area (Å²) in [7, 11) is 1.72. The first-order valence-corrected chi connectivity index (χ1v) is 5.58. The third-order valence-electron chi connectivity index (χ3n) is 2.37. The van der Waals surface area contributed by atoms with Crippen molar-refractivity contribution in [3.05, 3.63) is 28.2 Å². The van der Waals surface area contributed by atoms with Gasteiger partial charge in [-0.25, -0.2) is 0 Å². The molecule has 5 heteroatoms. The maximum absolute atomic E-state index is 11.9. The van der Waals surface area contributed by atoms with E-state index in [2.05, 4.69) is 10.6 Å². The molecule has 1 aromatic rings. The van der Waals surface area contributed by atoms with Gasteiger partial charge in [0.1, 0.15) is 0 Å². The van der Waals surface area contributed by atoms with Crippen LogP contribution in [-0.2, 0) is 4.79 Å². The number of hydrogen-bond donors (Lipinski definition) is 2. The van der Waals surface area contributed by atoms with Gasteiger partial charge in [0.15, 0.2) is 0 Å². The number of likely N-dealkylation sites (N-methyl/N-ethyl adjacent to an activating group) is 1. The van der Waals surface area contributed by atoms with Gasteiger partial charge in [0.25, 0.3) is 0 Å². The highest BCUT2D eigenvalue weighted by Gasteiger charge is 2.25. The molecule has 0 atom stereocenters. The van der Waals surface area contributed by atoms with Crippen LogP contribution in [0.25, 0.3) is 0 Å². The van der Waals surface area contributed by atoms with Crippen LogP contribution < -0.4 is 10.6 Å². The van der Waals surface area contributed by atoms with Crippen molar-refractivity contribution in [3.8, 4) is 0 Å². The van der Waals surface area contributed by atoms with Crippen molar-refractivity contribution < 1.29 is 4.79 Å². The number of hydrogen-bond acceptors (Lipinski definition) is 2. The SMILES string of the molecule is CNC(C)(C)C(=O)Nc1cc(Cl)ccc1Cl. The van der Waals surface area contributed by atoms with Crippen LogP contribution in [0.4, 0.5) is 5.69 Å². The summed E-state index contributed by atoms with van der Waals surface area (Å²) < 4.78 is 0. The number of anilines is 1. The summed E-state index contributed by atoms with van der Waals surface area (Å²) in [6.07, 6.45) is 0. The molecule has 0 radical (unpaired) electrons. The number of rotatable bonds is 3. The minimum Gasteiger partial charge on any atom is -0.323 e. The highest BCUT2D eigenvalue weighted by atomic mass is 35.5. The number of carbonyl (C=O) groups excluding carboxylic acids is 1. The Hall–Kier alpha value is -0.770. The summed E-state index contributed by atoms with van der Waals surface area (Å²) in [5.41, 5.74) is -0.145. The summed E-state index contributed by atoms with van der Waals surface area (Å²) in [5, 5.41) is 6.62. The molecule has 0 unspecified atom stereocenters. The summed E-state index contributed by atoms with van der Waals surface area (Å²) in [5.74, 6) is -0.167. The largest absolute Gasteiger partial charge is 0.323 e. The average molecular weight is 261 g/mol. The van der Waals surface area contributed by atoms with Gasteiger partial charge in [0.05, 0.1) is 16.2 Å². The Kier molecular flexibility index (Phi) is 4.19. The zero-order valence-corrected chi connectivity index (χ0v) is 10.9. The molecule has 1 rings (SSSR count). The van der Waals surface area contributed by atoms with Crippen molar-refractivity contribution in [2.45, 2.75) is 19.4 Å². The summed E-state index contributed by atoms with van der Waals surface area (Å²) in [4.78, 5) is 11.9. The summed E-state index contributed by atoms with van der Waals surface area (Å²) >= 11 is 11.8. The van der Waals surface area contributed by atoms with E-state index in [0.717, 1.165) is 0 Å². The van der Waals surface area contributed by atoms with Gasteiger partial charge in [-0.1, -0.05) is 23.2 Å². The topological polar surface area (TPSA) is 41.1 Å². The van der Waals surface area contributed by atoms with Crippen molar-refractivity contribution in [3.63, 3.8) is 0 Å². The highest BCUT2D eigenvalue weighted by Crippen LogP contribution is 2.26. The van der Waals surface area contributed by atoms with E-state index in [9.17, 15) is 4.79 Å². The Morgan fingerprint density at radius 3 is 2.50 bits per heavy atom. The van der Waals surface area contributed by atoms with Crippen LogP contribution in [0.3, 0.4) is 0 Å². The monoisotopic (exact) mass is 260 g/mol. The second-order valence-corrected chi connectivity index (χ2v) is 4.80. The molecule has 1 aromatic carbocycles. The average Bonchev–Trinajstić information content (AvgIpc) is 2.23. The Balaban J connectivity index is 2.89. The predicted molar refractivity (Wildman–Crippen MR) is 68.2 cm³/mol. The predicted octanol–water partition coefficient (Wildman–Crippen LogP) is 2.93. The maximum Gasteiger partial charge on any atom is 0.244 e. The molecule has 0 fully saturated rings. The van der Waals surface area contributed by atoms with Gasteiger partial charge in [-0.3, -0.25) is 4.79 Å². The Bertz CT molecular complexity index is 405. The molecule has 3 nitrogen and oxygen atoms in total. The first-order valence-electron chi connectivity index (χ1n) is 4.82. The molecule has 0 spiro atoms. The zero-order chi connectivity index (χ0) is 12.3. The molecule has 0 aliphatic rings. The molecule has 0 bridgehead atoms. The van der Waals surface area contributed by atoms with E-state index < -0.39 is 5.54 Å². The van der Waals surface area contributed by atoms with Gasteiger partial charge in [-0.2, -0.15) is 0 Å². The molecule has 0 aromatic heterocycles. The van der Waals surface area contributed by atoms with E-state index in [1.54, 1.807) is 39.1 Å². The fourth-order valence-electron chi connectivity index (χ4n) is 0.985. The van der Waals surface area contributed by atoms with Gasteiger partial charge >= 0.3 is 0 Å². The molecule has 88 valence electrons. The van der Waals surface area contributed by atoms with Crippen molar-refractivity contribution in [1.82, 2.24) is 5.32 Å². The number of carbonyl (C=O) groups is 1. The maximum atomic E-state index is 11.9. The molecular weight excluding hydrogens is 247 g/mol. The minimum atomic E-state index is -0.661. The van der Waals surface area contributed by atoms with E-state index in [-0.39, 0.29) is 5.91 Å². The van der Waals surface area contributed by atoms with Crippen LogP contribution in [0.1, 0.15) is 13.8 Å². The molecule has 2 N–H and O–H groups in total. The molecule has 0 saturated carbocycles. The molecule has 1 amide bonds. The standard InChI is InChI=1S/C11H14Cl2N2O/c1-11(2,14-3)10(16)15-9-6-7(12)4-5-8(9)13/h4-6,14H,1-3H3,(H,15,16). The van der Waals surface area contributed by atoms with Gasteiger partial charge in [-0.05, 0) is 39.1 Å². The summed E-state index contributed by atoms with van der Waals surface area (Å²) in [6, 6.07) is 4.93. The second kappa shape index (κ2) is 5.04. The van der Waals surface area contributed by atoms with E-state index in [0.29, 0.717) is 15.7 Å². The van der Waals surface area contributed by atoms with Gasteiger partial charge < -0.3 is 10.6 Å². The molecule has 16 heavy (non-hydrogen) atoms. The molecular formula is C11H14Cl2N2O. The number of halogens is 2. The first kappa shape index (κ1) is 13.3. The Labute approximate surface area is 105 Å². The number of nitrogens with one attached hydrogen (secondary N) is 2. The number of benzene rings is 1. The lowest BCUT2D eigenvalue weighted by atomic mass is 10.1. The van der Waals surface area contributed by atoms with Gasteiger partial charge in [0.2, 0.25) is 5.91 Å². The Morgan fingerprint density at radius 1 is 1.31 bits per heavy atom. The normalized spacial score (nSPS) is 11.3. The second-order valence-electron chi connectivity index (χ2n) is 3.95. The highest BCUT2D eigenvalue weighted by molar-refractivity contribution is 6.35. The minimum absolute atomic E-state index is 0.167. The fourth-order valence-corrected chi connectivity index (χ4v) is 1.32.